The lowest BCUT2D eigenvalue weighted by Gasteiger charge is -2.29. The van der Waals surface area contributed by atoms with Crippen LogP contribution in [0.5, 0.6) is 11.5 Å². The number of rotatable bonds is 7. The average molecular weight is 557 g/mol. The summed E-state index contributed by atoms with van der Waals surface area (Å²) in [5.41, 5.74) is 2.95. The lowest BCUT2D eigenvalue weighted by Crippen LogP contribution is -2.35. The van der Waals surface area contributed by atoms with Crippen molar-refractivity contribution in [3.63, 3.8) is 0 Å². The van der Waals surface area contributed by atoms with Crippen LogP contribution in [0.25, 0.3) is 6.08 Å². The minimum Gasteiger partial charge on any atom is -0.497 e. The first kappa shape index (κ1) is 26.6. The van der Waals surface area contributed by atoms with E-state index in [0.29, 0.717) is 0 Å². The molecule has 38 heavy (non-hydrogen) atoms. The molecule has 5 rings (SSSR count). The van der Waals surface area contributed by atoms with Crippen LogP contribution >= 0.6 is 23.2 Å². The van der Waals surface area contributed by atoms with Gasteiger partial charge in [0, 0.05) is 12.3 Å². The van der Waals surface area contributed by atoms with E-state index in [2.05, 4.69) is 6.08 Å². The molecule has 0 N–H and O–H groups in total. The Morgan fingerprint density at radius 3 is 2.24 bits per heavy atom. The Labute approximate surface area is 232 Å². The van der Waals surface area contributed by atoms with Crippen LogP contribution in [0.3, 0.4) is 0 Å². The average Bonchev–Trinajstić information content (AvgIpc) is 3.25. The molecule has 3 aliphatic rings. The van der Waals surface area contributed by atoms with Gasteiger partial charge in [-0.15, -0.1) is 23.2 Å². The van der Waals surface area contributed by atoms with Gasteiger partial charge in [0.25, 0.3) is 5.91 Å². The molecule has 0 spiro atoms. The van der Waals surface area contributed by atoms with E-state index in [9.17, 15) is 9.59 Å². The van der Waals surface area contributed by atoms with Crippen molar-refractivity contribution < 1.29 is 23.8 Å². The lowest BCUT2D eigenvalue weighted by atomic mass is 9.77. The highest BCUT2D eigenvalue weighted by atomic mass is 35.5. The van der Waals surface area contributed by atoms with Crippen LogP contribution in [0.15, 0.2) is 59.2 Å². The van der Waals surface area contributed by atoms with Gasteiger partial charge in [-0.1, -0.05) is 24.3 Å². The molecule has 3 atom stereocenters. The molecule has 1 heterocycles. The first-order chi connectivity index (χ1) is 18.2. The first-order valence-corrected chi connectivity index (χ1v) is 13.4. The van der Waals surface area contributed by atoms with E-state index >= 15 is 0 Å². The van der Waals surface area contributed by atoms with Crippen molar-refractivity contribution >= 4 is 46.9 Å². The third-order valence-electron chi connectivity index (χ3n) is 7.71. The number of amides is 1. The zero-order chi connectivity index (χ0) is 27.1. The van der Waals surface area contributed by atoms with Crippen molar-refractivity contribution in [1.82, 2.24) is 5.01 Å². The van der Waals surface area contributed by atoms with E-state index in [1.54, 1.807) is 21.1 Å². The normalized spacial score (nSPS) is 26.4. The lowest BCUT2D eigenvalue weighted by molar-refractivity contribution is -0.157. The number of hydrogen-bond acceptors (Lipinski definition) is 6. The van der Waals surface area contributed by atoms with Crippen molar-refractivity contribution in [2.24, 2.45) is 16.4 Å². The van der Waals surface area contributed by atoms with Gasteiger partial charge in [-0.2, -0.15) is 5.10 Å². The maximum atomic E-state index is 13.5. The number of esters is 1. The van der Waals surface area contributed by atoms with Crippen LogP contribution in [-0.4, -0.2) is 47.8 Å². The molecule has 2 aromatic carbocycles. The molecule has 200 valence electrons. The highest BCUT2D eigenvalue weighted by Gasteiger charge is 2.69. The van der Waals surface area contributed by atoms with Crippen LogP contribution in [0, 0.1) is 11.3 Å². The highest BCUT2D eigenvalue weighted by Crippen LogP contribution is 2.64. The molecular formula is C29H30Cl2N2O5. The van der Waals surface area contributed by atoms with Crippen LogP contribution in [0.4, 0.5) is 0 Å². The van der Waals surface area contributed by atoms with Crippen molar-refractivity contribution in [3.05, 3.63) is 65.2 Å². The fraction of sp³-hybridized carbons (Fsp3) is 0.414. The molecule has 2 aliphatic carbocycles. The number of alkyl halides is 2. The molecule has 9 heteroatoms. The largest absolute Gasteiger partial charge is 0.497 e. The first-order valence-electron chi connectivity index (χ1n) is 12.6. The second kappa shape index (κ2) is 10.3. The quantitative estimate of drug-likeness (QED) is 0.311. The minimum atomic E-state index is -1.16. The Morgan fingerprint density at radius 1 is 1.05 bits per heavy atom. The zero-order valence-corrected chi connectivity index (χ0v) is 23.1. The number of fused-ring (bicyclic) bond motifs is 1. The summed E-state index contributed by atoms with van der Waals surface area (Å²) >= 11 is 12.2. The van der Waals surface area contributed by atoms with E-state index in [1.807, 2.05) is 48.5 Å². The van der Waals surface area contributed by atoms with Crippen LogP contribution in [0.1, 0.15) is 49.8 Å². The number of nitrogens with zero attached hydrogens (tertiary/aromatic N) is 2. The molecule has 2 saturated carbocycles. The SMILES string of the molecule is COc1ccc(/C=C2\CCC[C@@H]3C2=NN(C(=O)COC(=O)[C@@]2(C)CC2(Cl)Cl)[C@H]3c2ccc(OC)cc2)cc1. The van der Waals surface area contributed by atoms with Crippen molar-refractivity contribution in [2.75, 3.05) is 20.8 Å². The smallest absolute Gasteiger partial charge is 0.315 e. The highest BCUT2D eigenvalue weighted by molar-refractivity contribution is 6.53. The monoisotopic (exact) mass is 556 g/mol. The summed E-state index contributed by atoms with van der Waals surface area (Å²) in [5, 5.41) is 6.32. The standard InChI is InChI=1S/C29H30Cl2N2O5/c1-28(17-29(28,30)31)27(35)38-16-24(34)33-26(19-9-13-22(37-3)14-10-19)23-6-4-5-20(25(23)32-33)15-18-7-11-21(36-2)12-8-18/h7-15,23,26H,4-6,16-17H2,1-3H3/b20-15+/t23-,26+,28-/m1/s1. The fourth-order valence-corrected chi connectivity index (χ4v) is 5.91. The second-order valence-electron chi connectivity index (χ2n) is 10.2. The molecule has 0 radical (unpaired) electrons. The summed E-state index contributed by atoms with van der Waals surface area (Å²) in [6.07, 6.45) is 5.13. The maximum Gasteiger partial charge on any atom is 0.315 e. The molecule has 0 bridgehead atoms. The molecule has 1 aliphatic heterocycles. The Bertz CT molecular complexity index is 1290. The third-order valence-corrected chi connectivity index (χ3v) is 8.81. The number of halogens is 2. The van der Waals surface area contributed by atoms with Gasteiger partial charge in [0.05, 0.1) is 26.0 Å². The topological polar surface area (TPSA) is 77.4 Å². The molecule has 7 nitrogen and oxygen atoms in total. The summed E-state index contributed by atoms with van der Waals surface area (Å²) in [5.74, 6) is 0.552. The molecule has 0 unspecified atom stereocenters. The summed E-state index contributed by atoms with van der Waals surface area (Å²) < 4.78 is 14.8. The molecule has 1 amide bonds. The number of hydrogen-bond donors (Lipinski definition) is 0. The number of hydrazone groups is 1. The van der Waals surface area contributed by atoms with E-state index in [-0.39, 0.29) is 18.4 Å². The van der Waals surface area contributed by atoms with Gasteiger partial charge in [0.15, 0.2) is 6.61 Å². The third kappa shape index (κ3) is 4.90. The molecule has 2 fully saturated rings. The van der Waals surface area contributed by atoms with Gasteiger partial charge in [0.1, 0.15) is 21.2 Å². The van der Waals surface area contributed by atoms with Crippen molar-refractivity contribution in [1.29, 1.82) is 0 Å². The Kier molecular flexibility index (Phi) is 7.18. The van der Waals surface area contributed by atoms with Crippen LogP contribution in [0.2, 0.25) is 0 Å². The molecular weight excluding hydrogens is 527 g/mol. The summed E-state index contributed by atoms with van der Waals surface area (Å²) in [6.45, 7) is 1.20. The van der Waals surface area contributed by atoms with Crippen molar-refractivity contribution in [2.45, 2.75) is 43.0 Å². The number of carbonyl (C=O) groups is 2. The van der Waals surface area contributed by atoms with Crippen LogP contribution < -0.4 is 9.47 Å². The Balaban J connectivity index is 1.43. The maximum absolute atomic E-state index is 13.5. The minimum absolute atomic E-state index is 0.0144. The van der Waals surface area contributed by atoms with Crippen molar-refractivity contribution in [3.8, 4) is 11.5 Å². The number of benzene rings is 2. The van der Waals surface area contributed by atoms with E-state index in [4.69, 9.17) is 42.5 Å². The number of allylic oxidation sites excluding steroid dienone is 1. The van der Waals surface area contributed by atoms with Gasteiger partial charge in [-0.05, 0) is 73.2 Å². The Hall–Kier alpha value is -3.03. The predicted molar refractivity (Wildman–Crippen MR) is 146 cm³/mol. The van der Waals surface area contributed by atoms with Gasteiger partial charge in [-0.3, -0.25) is 9.59 Å². The molecule has 0 aromatic heterocycles. The summed E-state index contributed by atoms with van der Waals surface area (Å²) in [6, 6.07) is 15.2. The Morgan fingerprint density at radius 2 is 1.66 bits per heavy atom. The van der Waals surface area contributed by atoms with Gasteiger partial charge >= 0.3 is 5.97 Å². The number of carbonyl (C=O) groups excluding carboxylic acids is 2. The van der Waals surface area contributed by atoms with Gasteiger partial charge in [-0.25, -0.2) is 5.01 Å². The predicted octanol–water partition coefficient (Wildman–Crippen LogP) is 5.95. The second-order valence-corrected chi connectivity index (χ2v) is 11.7. The summed E-state index contributed by atoms with van der Waals surface area (Å²) in [7, 11) is 3.26. The van der Waals surface area contributed by atoms with Gasteiger partial charge < -0.3 is 14.2 Å². The van der Waals surface area contributed by atoms with E-state index in [1.165, 1.54) is 5.01 Å². The number of ether oxygens (including phenoxy) is 3. The molecule has 2 aromatic rings. The molecule has 0 saturated heterocycles. The van der Waals surface area contributed by atoms with Crippen LogP contribution in [-0.2, 0) is 14.3 Å². The summed E-state index contributed by atoms with van der Waals surface area (Å²) in [4.78, 5) is 26.1. The fourth-order valence-electron chi connectivity index (χ4n) is 5.22. The number of methoxy groups -OCH3 is 2. The van der Waals surface area contributed by atoms with Gasteiger partial charge in [0.2, 0.25) is 0 Å². The van der Waals surface area contributed by atoms with E-state index < -0.39 is 28.2 Å². The zero-order valence-electron chi connectivity index (χ0n) is 21.6. The van der Waals surface area contributed by atoms with E-state index in [0.717, 1.165) is 53.2 Å².